The fraction of sp³-hybridized carbons (Fsp3) is 0.500. The standard InChI is InChI=1S/C14H22N2O/c1-10(2)12-7-5-6-11(3)14(12)16(4)13(17)8-9-15/h5-7,10H,8-9,15H2,1-4H3. The van der Waals surface area contributed by atoms with E-state index in [1.165, 1.54) is 5.56 Å². The molecule has 0 aliphatic carbocycles. The first kappa shape index (κ1) is 13.7. The van der Waals surface area contributed by atoms with Crippen molar-refractivity contribution >= 4 is 11.6 Å². The molecule has 0 atom stereocenters. The molecule has 0 unspecified atom stereocenters. The normalized spacial score (nSPS) is 10.7. The summed E-state index contributed by atoms with van der Waals surface area (Å²) < 4.78 is 0. The van der Waals surface area contributed by atoms with Gasteiger partial charge < -0.3 is 10.6 Å². The Bertz CT molecular complexity index is 399. The van der Waals surface area contributed by atoms with Crippen LogP contribution in [0.4, 0.5) is 5.69 Å². The van der Waals surface area contributed by atoms with E-state index in [2.05, 4.69) is 19.9 Å². The van der Waals surface area contributed by atoms with Gasteiger partial charge in [-0.25, -0.2) is 0 Å². The number of hydrogen-bond acceptors (Lipinski definition) is 2. The van der Waals surface area contributed by atoms with Crippen molar-refractivity contribution in [2.75, 3.05) is 18.5 Å². The maximum atomic E-state index is 11.9. The molecule has 0 aliphatic rings. The Morgan fingerprint density at radius 1 is 1.41 bits per heavy atom. The lowest BCUT2D eigenvalue weighted by atomic mass is 9.97. The molecular weight excluding hydrogens is 212 g/mol. The van der Waals surface area contributed by atoms with Crippen LogP contribution in [0.2, 0.25) is 0 Å². The number of benzene rings is 1. The van der Waals surface area contributed by atoms with Gasteiger partial charge in [0.1, 0.15) is 0 Å². The molecule has 2 N–H and O–H groups in total. The fourth-order valence-electron chi connectivity index (χ4n) is 2.02. The quantitative estimate of drug-likeness (QED) is 0.869. The number of nitrogens with two attached hydrogens (primary N) is 1. The molecule has 17 heavy (non-hydrogen) atoms. The lowest BCUT2D eigenvalue weighted by Gasteiger charge is -2.24. The second kappa shape index (κ2) is 5.82. The van der Waals surface area contributed by atoms with Crippen LogP contribution in [0.15, 0.2) is 18.2 Å². The second-order valence-electron chi connectivity index (χ2n) is 4.66. The zero-order valence-corrected chi connectivity index (χ0v) is 11.2. The molecule has 0 saturated carbocycles. The third-order valence-electron chi connectivity index (χ3n) is 2.96. The minimum atomic E-state index is 0.0729. The van der Waals surface area contributed by atoms with Gasteiger partial charge in [-0.05, 0) is 24.0 Å². The van der Waals surface area contributed by atoms with Crippen molar-refractivity contribution in [3.63, 3.8) is 0 Å². The van der Waals surface area contributed by atoms with Crippen LogP contribution in [-0.2, 0) is 4.79 Å². The first-order valence-electron chi connectivity index (χ1n) is 6.05. The lowest BCUT2D eigenvalue weighted by molar-refractivity contribution is -0.118. The van der Waals surface area contributed by atoms with Crippen LogP contribution in [0, 0.1) is 6.92 Å². The number of aryl methyl sites for hydroxylation is 1. The molecular formula is C14H22N2O. The Morgan fingerprint density at radius 3 is 2.59 bits per heavy atom. The van der Waals surface area contributed by atoms with Crippen molar-refractivity contribution in [2.45, 2.75) is 33.1 Å². The molecule has 3 heteroatoms. The van der Waals surface area contributed by atoms with Gasteiger partial charge in [0.2, 0.25) is 5.91 Å². The van der Waals surface area contributed by atoms with Crippen molar-refractivity contribution in [3.8, 4) is 0 Å². The minimum Gasteiger partial charge on any atom is -0.330 e. The van der Waals surface area contributed by atoms with Crippen LogP contribution >= 0.6 is 0 Å². The highest BCUT2D eigenvalue weighted by Crippen LogP contribution is 2.30. The van der Waals surface area contributed by atoms with E-state index in [1.54, 1.807) is 4.90 Å². The number of amides is 1. The van der Waals surface area contributed by atoms with Crippen molar-refractivity contribution in [3.05, 3.63) is 29.3 Å². The van der Waals surface area contributed by atoms with Crippen molar-refractivity contribution in [1.82, 2.24) is 0 Å². The van der Waals surface area contributed by atoms with Gasteiger partial charge in [-0.15, -0.1) is 0 Å². The highest BCUT2D eigenvalue weighted by Gasteiger charge is 2.17. The zero-order valence-electron chi connectivity index (χ0n) is 11.2. The molecule has 0 spiro atoms. The molecule has 0 radical (unpaired) electrons. The minimum absolute atomic E-state index is 0.0729. The molecule has 0 aromatic heterocycles. The first-order chi connectivity index (χ1) is 7.99. The molecule has 0 heterocycles. The van der Waals surface area contributed by atoms with Gasteiger partial charge in [0.15, 0.2) is 0 Å². The molecule has 94 valence electrons. The van der Waals surface area contributed by atoms with Crippen LogP contribution in [0.5, 0.6) is 0 Å². The summed E-state index contributed by atoms with van der Waals surface area (Å²) in [4.78, 5) is 13.7. The second-order valence-corrected chi connectivity index (χ2v) is 4.66. The topological polar surface area (TPSA) is 46.3 Å². The van der Waals surface area contributed by atoms with Gasteiger partial charge in [0.05, 0.1) is 0 Å². The summed E-state index contributed by atoms with van der Waals surface area (Å²) in [6.45, 7) is 6.71. The predicted molar refractivity (Wildman–Crippen MR) is 72.3 cm³/mol. The smallest absolute Gasteiger partial charge is 0.228 e. The van der Waals surface area contributed by atoms with Gasteiger partial charge in [-0.2, -0.15) is 0 Å². The number of anilines is 1. The van der Waals surface area contributed by atoms with E-state index in [1.807, 2.05) is 26.1 Å². The van der Waals surface area contributed by atoms with Gasteiger partial charge >= 0.3 is 0 Å². The summed E-state index contributed by atoms with van der Waals surface area (Å²) in [7, 11) is 1.83. The van der Waals surface area contributed by atoms with Gasteiger partial charge in [-0.1, -0.05) is 32.0 Å². The SMILES string of the molecule is Cc1cccc(C(C)C)c1N(C)C(=O)CCN. The third-order valence-corrected chi connectivity index (χ3v) is 2.96. The molecule has 1 rings (SSSR count). The average molecular weight is 234 g/mol. The molecule has 1 aromatic carbocycles. The van der Waals surface area contributed by atoms with E-state index in [0.717, 1.165) is 11.3 Å². The van der Waals surface area contributed by atoms with E-state index < -0.39 is 0 Å². The Balaban J connectivity index is 3.15. The van der Waals surface area contributed by atoms with Crippen molar-refractivity contribution in [1.29, 1.82) is 0 Å². The first-order valence-corrected chi connectivity index (χ1v) is 6.05. The number of carbonyl (C=O) groups excluding carboxylic acids is 1. The zero-order chi connectivity index (χ0) is 13.0. The number of rotatable bonds is 4. The third kappa shape index (κ3) is 3.07. The summed E-state index contributed by atoms with van der Waals surface area (Å²) in [5.74, 6) is 0.474. The monoisotopic (exact) mass is 234 g/mol. The largest absolute Gasteiger partial charge is 0.330 e. The van der Waals surface area contributed by atoms with Gasteiger partial charge in [-0.3, -0.25) is 4.79 Å². The Labute approximate surface area is 104 Å². The van der Waals surface area contributed by atoms with Gasteiger partial charge in [0, 0.05) is 25.7 Å². The number of nitrogens with zero attached hydrogens (tertiary/aromatic N) is 1. The maximum absolute atomic E-state index is 11.9. The van der Waals surface area contributed by atoms with Crippen molar-refractivity contribution in [2.24, 2.45) is 5.73 Å². The number of carbonyl (C=O) groups is 1. The molecule has 1 amide bonds. The molecule has 0 bridgehead atoms. The highest BCUT2D eigenvalue weighted by molar-refractivity contribution is 5.94. The maximum Gasteiger partial charge on any atom is 0.228 e. The Kier molecular flexibility index (Phi) is 4.70. The van der Waals surface area contributed by atoms with Crippen LogP contribution in [-0.4, -0.2) is 19.5 Å². The lowest BCUT2D eigenvalue weighted by Crippen LogP contribution is -2.29. The fourth-order valence-corrected chi connectivity index (χ4v) is 2.02. The van der Waals surface area contributed by atoms with E-state index in [-0.39, 0.29) is 5.91 Å². The summed E-state index contributed by atoms with van der Waals surface area (Å²) >= 11 is 0. The molecule has 3 nitrogen and oxygen atoms in total. The Hall–Kier alpha value is -1.35. The van der Waals surface area contributed by atoms with E-state index in [4.69, 9.17) is 5.73 Å². The summed E-state index contributed by atoms with van der Waals surface area (Å²) in [5.41, 5.74) is 8.80. The van der Waals surface area contributed by atoms with E-state index in [0.29, 0.717) is 18.9 Å². The van der Waals surface area contributed by atoms with Gasteiger partial charge in [0.25, 0.3) is 0 Å². The van der Waals surface area contributed by atoms with Crippen LogP contribution in [0.25, 0.3) is 0 Å². The average Bonchev–Trinajstić information content (AvgIpc) is 2.28. The van der Waals surface area contributed by atoms with E-state index in [9.17, 15) is 4.79 Å². The van der Waals surface area contributed by atoms with E-state index >= 15 is 0 Å². The van der Waals surface area contributed by atoms with Crippen molar-refractivity contribution < 1.29 is 4.79 Å². The van der Waals surface area contributed by atoms with Crippen LogP contribution < -0.4 is 10.6 Å². The van der Waals surface area contributed by atoms with Crippen LogP contribution in [0.1, 0.15) is 37.3 Å². The molecule has 0 saturated heterocycles. The predicted octanol–water partition coefficient (Wildman–Crippen LogP) is 2.43. The molecule has 0 aliphatic heterocycles. The number of para-hydroxylation sites is 1. The van der Waals surface area contributed by atoms with Crippen LogP contribution in [0.3, 0.4) is 0 Å². The molecule has 1 aromatic rings. The summed E-state index contributed by atoms with van der Waals surface area (Å²) in [6.07, 6.45) is 0.391. The Morgan fingerprint density at radius 2 is 2.06 bits per heavy atom. The summed E-state index contributed by atoms with van der Waals surface area (Å²) in [5, 5.41) is 0. The molecule has 0 fully saturated rings. The number of hydrogen-bond donors (Lipinski definition) is 1. The highest BCUT2D eigenvalue weighted by atomic mass is 16.2. The summed E-state index contributed by atoms with van der Waals surface area (Å²) in [6, 6.07) is 6.15.